The number of amides is 1. The van der Waals surface area contributed by atoms with Crippen LogP contribution >= 0.6 is 11.3 Å². The van der Waals surface area contributed by atoms with Crippen molar-refractivity contribution in [1.82, 2.24) is 4.98 Å². The van der Waals surface area contributed by atoms with Gasteiger partial charge in [0.15, 0.2) is 0 Å². The molecule has 2 heterocycles. The molecule has 0 aliphatic carbocycles. The van der Waals surface area contributed by atoms with Crippen LogP contribution in [0.1, 0.15) is 17.5 Å². The van der Waals surface area contributed by atoms with Crippen LogP contribution in [0.4, 0.5) is 5.82 Å². The predicted octanol–water partition coefficient (Wildman–Crippen LogP) is 3.02. The van der Waals surface area contributed by atoms with Crippen LogP contribution in [0.5, 0.6) is 0 Å². The van der Waals surface area contributed by atoms with Gasteiger partial charge in [0.05, 0.1) is 0 Å². The van der Waals surface area contributed by atoms with E-state index in [1.54, 1.807) is 17.5 Å². The molecule has 4 heteroatoms. The molecule has 0 aliphatic rings. The molecule has 2 aromatic heterocycles. The quantitative estimate of drug-likeness (QED) is 0.901. The minimum absolute atomic E-state index is 0.00699. The Morgan fingerprint density at radius 2 is 2.29 bits per heavy atom. The highest BCUT2D eigenvalue weighted by atomic mass is 32.1. The number of anilines is 1. The van der Waals surface area contributed by atoms with Gasteiger partial charge in [0.1, 0.15) is 5.82 Å². The molecule has 0 spiro atoms. The second kappa shape index (κ2) is 5.59. The summed E-state index contributed by atoms with van der Waals surface area (Å²) in [6.07, 6.45) is 3.02. The zero-order chi connectivity index (χ0) is 12.1. The topological polar surface area (TPSA) is 42.0 Å². The lowest BCUT2D eigenvalue weighted by Gasteiger charge is -2.03. The third-order valence-electron chi connectivity index (χ3n) is 2.40. The summed E-state index contributed by atoms with van der Waals surface area (Å²) in [5, 5.41) is 6.87. The number of carbonyl (C=O) groups excluding carboxylic acids is 1. The van der Waals surface area contributed by atoms with Gasteiger partial charge in [-0.25, -0.2) is 4.98 Å². The van der Waals surface area contributed by atoms with Gasteiger partial charge in [-0.3, -0.25) is 4.79 Å². The Hall–Kier alpha value is -1.68. The standard InChI is InChI=1S/C13H14N2OS/c1-10-2-4-12(14-8-10)15-13(16)5-3-11-6-7-17-9-11/h2,4,6-9H,3,5H2,1H3,(H,14,15,16). The summed E-state index contributed by atoms with van der Waals surface area (Å²) < 4.78 is 0. The van der Waals surface area contributed by atoms with Crippen LogP contribution in [0.2, 0.25) is 0 Å². The number of aryl methyl sites for hydroxylation is 2. The lowest BCUT2D eigenvalue weighted by molar-refractivity contribution is -0.116. The number of pyridine rings is 1. The van der Waals surface area contributed by atoms with Gasteiger partial charge in [-0.1, -0.05) is 6.07 Å². The van der Waals surface area contributed by atoms with Crippen LogP contribution in [0.3, 0.4) is 0 Å². The highest BCUT2D eigenvalue weighted by Crippen LogP contribution is 2.09. The fourth-order valence-electron chi connectivity index (χ4n) is 1.44. The summed E-state index contributed by atoms with van der Waals surface area (Å²) in [4.78, 5) is 15.8. The number of nitrogens with one attached hydrogen (secondary N) is 1. The van der Waals surface area contributed by atoms with Gasteiger partial charge >= 0.3 is 0 Å². The molecule has 88 valence electrons. The molecule has 0 aromatic carbocycles. The van der Waals surface area contributed by atoms with E-state index in [-0.39, 0.29) is 5.91 Å². The van der Waals surface area contributed by atoms with E-state index < -0.39 is 0 Å². The summed E-state index contributed by atoms with van der Waals surface area (Å²) in [5.74, 6) is 0.624. The maximum Gasteiger partial charge on any atom is 0.225 e. The van der Waals surface area contributed by atoms with Crippen LogP contribution in [-0.2, 0) is 11.2 Å². The third kappa shape index (κ3) is 3.67. The number of hydrogen-bond acceptors (Lipinski definition) is 3. The van der Waals surface area contributed by atoms with E-state index in [1.165, 1.54) is 5.56 Å². The first-order valence-corrected chi connectivity index (χ1v) is 6.42. The maximum absolute atomic E-state index is 11.6. The zero-order valence-electron chi connectivity index (χ0n) is 9.64. The molecule has 0 atom stereocenters. The predicted molar refractivity (Wildman–Crippen MR) is 70.2 cm³/mol. The molecule has 0 unspecified atom stereocenters. The van der Waals surface area contributed by atoms with Gasteiger partial charge in [0.25, 0.3) is 0 Å². The van der Waals surface area contributed by atoms with E-state index in [4.69, 9.17) is 0 Å². The van der Waals surface area contributed by atoms with Gasteiger partial charge < -0.3 is 5.32 Å². The van der Waals surface area contributed by atoms with Gasteiger partial charge in [-0.2, -0.15) is 11.3 Å². The van der Waals surface area contributed by atoms with Crippen LogP contribution in [0.15, 0.2) is 35.2 Å². The van der Waals surface area contributed by atoms with E-state index in [0.717, 1.165) is 12.0 Å². The number of nitrogens with zero attached hydrogens (tertiary/aromatic N) is 1. The van der Waals surface area contributed by atoms with E-state index in [9.17, 15) is 4.79 Å². The minimum atomic E-state index is 0.00699. The van der Waals surface area contributed by atoms with Crippen molar-refractivity contribution in [1.29, 1.82) is 0 Å². The fourth-order valence-corrected chi connectivity index (χ4v) is 2.14. The molecule has 3 nitrogen and oxygen atoms in total. The number of aromatic nitrogens is 1. The second-order valence-corrected chi connectivity index (χ2v) is 4.68. The molecule has 0 fully saturated rings. The van der Waals surface area contributed by atoms with Crippen molar-refractivity contribution < 1.29 is 4.79 Å². The smallest absolute Gasteiger partial charge is 0.225 e. The average Bonchev–Trinajstić information content (AvgIpc) is 2.83. The van der Waals surface area contributed by atoms with E-state index >= 15 is 0 Å². The van der Waals surface area contributed by atoms with Gasteiger partial charge in [-0.05, 0) is 47.4 Å². The lowest BCUT2D eigenvalue weighted by Crippen LogP contribution is -2.13. The normalized spacial score (nSPS) is 10.2. The molecular formula is C13H14N2OS. The molecular weight excluding hydrogens is 232 g/mol. The Morgan fingerprint density at radius 3 is 2.94 bits per heavy atom. The van der Waals surface area contributed by atoms with Crippen molar-refractivity contribution in [2.75, 3.05) is 5.32 Å². The molecule has 2 rings (SSSR count). The van der Waals surface area contributed by atoms with Crippen molar-refractivity contribution in [2.24, 2.45) is 0 Å². The Kier molecular flexibility index (Phi) is 3.88. The average molecular weight is 246 g/mol. The SMILES string of the molecule is Cc1ccc(NC(=O)CCc2ccsc2)nc1. The van der Waals surface area contributed by atoms with Crippen LogP contribution in [0.25, 0.3) is 0 Å². The van der Waals surface area contributed by atoms with Gasteiger partial charge in [0, 0.05) is 12.6 Å². The molecule has 0 saturated carbocycles. The van der Waals surface area contributed by atoms with Crippen LogP contribution in [-0.4, -0.2) is 10.9 Å². The minimum Gasteiger partial charge on any atom is -0.311 e. The van der Waals surface area contributed by atoms with Crippen LogP contribution < -0.4 is 5.32 Å². The van der Waals surface area contributed by atoms with Crippen LogP contribution in [0, 0.1) is 6.92 Å². The van der Waals surface area contributed by atoms with Crippen molar-refractivity contribution in [3.8, 4) is 0 Å². The molecule has 0 radical (unpaired) electrons. The number of hydrogen-bond donors (Lipinski definition) is 1. The van der Waals surface area contributed by atoms with E-state index in [2.05, 4.69) is 15.7 Å². The largest absolute Gasteiger partial charge is 0.311 e. The molecule has 17 heavy (non-hydrogen) atoms. The Morgan fingerprint density at radius 1 is 1.41 bits per heavy atom. The van der Waals surface area contributed by atoms with Crippen molar-refractivity contribution in [3.63, 3.8) is 0 Å². The lowest BCUT2D eigenvalue weighted by atomic mass is 10.2. The summed E-state index contributed by atoms with van der Waals surface area (Å²) in [5.41, 5.74) is 2.29. The van der Waals surface area contributed by atoms with Crippen molar-refractivity contribution >= 4 is 23.1 Å². The van der Waals surface area contributed by atoms with E-state index in [0.29, 0.717) is 12.2 Å². The monoisotopic (exact) mass is 246 g/mol. The Balaban J connectivity index is 1.83. The van der Waals surface area contributed by atoms with E-state index in [1.807, 2.05) is 30.5 Å². The van der Waals surface area contributed by atoms with Gasteiger partial charge in [-0.15, -0.1) is 0 Å². The first-order valence-electron chi connectivity index (χ1n) is 5.47. The highest BCUT2D eigenvalue weighted by molar-refractivity contribution is 7.07. The van der Waals surface area contributed by atoms with Crippen molar-refractivity contribution in [3.05, 3.63) is 46.3 Å². The summed E-state index contributed by atoms with van der Waals surface area (Å²) in [6, 6.07) is 5.79. The number of thiophene rings is 1. The number of rotatable bonds is 4. The Labute approximate surface area is 105 Å². The Bertz CT molecular complexity index is 477. The summed E-state index contributed by atoms with van der Waals surface area (Å²) in [7, 11) is 0. The molecule has 1 N–H and O–H groups in total. The fraction of sp³-hybridized carbons (Fsp3) is 0.231. The van der Waals surface area contributed by atoms with Crippen molar-refractivity contribution in [2.45, 2.75) is 19.8 Å². The summed E-state index contributed by atoms with van der Waals surface area (Å²) >= 11 is 1.65. The van der Waals surface area contributed by atoms with Gasteiger partial charge in [0.2, 0.25) is 5.91 Å². The zero-order valence-corrected chi connectivity index (χ0v) is 10.5. The third-order valence-corrected chi connectivity index (χ3v) is 3.13. The molecule has 2 aromatic rings. The number of carbonyl (C=O) groups is 1. The molecule has 0 bridgehead atoms. The summed E-state index contributed by atoms with van der Waals surface area (Å²) in [6.45, 7) is 1.97. The molecule has 0 aliphatic heterocycles. The highest BCUT2D eigenvalue weighted by Gasteiger charge is 2.03. The maximum atomic E-state index is 11.6. The first kappa shape index (κ1) is 11.8. The first-order chi connectivity index (χ1) is 8.24. The second-order valence-electron chi connectivity index (χ2n) is 3.90. The molecule has 1 amide bonds. The molecule has 0 saturated heterocycles.